The average molecular weight is 414 g/mol. The molecule has 154 valence electrons. The first-order valence-electron chi connectivity index (χ1n) is 9.52. The number of nitrogens with one attached hydrogen (secondary N) is 3. The van der Waals surface area contributed by atoms with Crippen molar-refractivity contribution in [2.45, 2.75) is 40.0 Å². The van der Waals surface area contributed by atoms with E-state index in [0.29, 0.717) is 23.7 Å². The molecule has 2 amide bonds. The molecule has 0 saturated carbocycles. The van der Waals surface area contributed by atoms with E-state index in [2.05, 4.69) is 29.8 Å². The molecule has 0 aliphatic heterocycles. The van der Waals surface area contributed by atoms with E-state index in [1.807, 2.05) is 25.1 Å². The minimum absolute atomic E-state index is 0.0731. The maximum atomic E-state index is 12.2. The van der Waals surface area contributed by atoms with Gasteiger partial charge in [0.1, 0.15) is 5.75 Å². The summed E-state index contributed by atoms with van der Waals surface area (Å²) in [5.74, 6) is 0.646. The van der Waals surface area contributed by atoms with Crippen molar-refractivity contribution in [2.24, 2.45) is 0 Å². The Morgan fingerprint density at radius 2 is 1.62 bits per heavy atom. The number of rotatable bonds is 7. The maximum Gasteiger partial charge on any atom is 0.262 e. The van der Waals surface area contributed by atoms with Crippen LogP contribution in [-0.4, -0.2) is 23.5 Å². The standard InChI is InChI=1S/C22H27N3O3S/c1-5-20(26)25-22(29)24-17-9-7-16(8-10-17)23-21(27)13-28-19-12-15(4)6-11-18(19)14(2)3/h6-12,14H,5,13H2,1-4H3,(H,23,27)(H2,24,25,26,29). The van der Waals surface area contributed by atoms with Crippen molar-refractivity contribution >= 4 is 40.5 Å². The molecule has 7 heteroatoms. The first-order chi connectivity index (χ1) is 13.8. The molecule has 0 heterocycles. The van der Waals surface area contributed by atoms with Crippen LogP contribution in [0.2, 0.25) is 0 Å². The van der Waals surface area contributed by atoms with Gasteiger partial charge in [0.25, 0.3) is 5.91 Å². The zero-order valence-corrected chi connectivity index (χ0v) is 18.0. The Morgan fingerprint density at radius 3 is 2.21 bits per heavy atom. The van der Waals surface area contributed by atoms with E-state index in [1.165, 1.54) is 0 Å². The molecule has 0 unspecified atom stereocenters. The van der Waals surface area contributed by atoms with Crippen molar-refractivity contribution in [3.63, 3.8) is 0 Å². The second-order valence-electron chi connectivity index (χ2n) is 6.97. The second-order valence-corrected chi connectivity index (χ2v) is 7.37. The fourth-order valence-corrected chi connectivity index (χ4v) is 2.83. The van der Waals surface area contributed by atoms with Crippen LogP contribution in [0.3, 0.4) is 0 Å². The van der Waals surface area contributed by atoms with Crippen molar-refractivity contribution < 1.29 is 14.3 Å². The normalized spacial score (nSPS) is 10.4. The molecular weight excluding hydrogens is 386 g/mol. The van der Waals surface area contributed by atoms with E-state index < -0.39 is 0 Å². The number of amides is 2. The summed E-state index contributed by atoms with van der Waals surface area (Å²) >= 11 is 5.07. The van der Waals surface area contributed by atoms with Crippen molar-refractivity contribution in [2.75, 3.05) is 17.2 Å². The average Bonchev–Trinajstić information content (AvgIpc) is 2.67. The Balaban J connectivity index is 1.89. The maximum absolute atomic E-state index is 12.2. The van der Waals surface area contributed by atoms with Gasteiger partial charge in [-0.15, -0.1) is 0 Å². The molecule has 0 bridgehead atoms. The van der Waals surface area contributed by atoms with Gasteiger partial charge >= 0.3 is 0 Å². The number of carbonyl (C=O) groups excluding carboxylic acids is 2. The summed E-state index contributed by atoms with van der Waals surface area (Å²) < 4.78 is 5.76. The van der Waals surface area contributed by atoms with Crippen LogP contribution in [0.4, 0.5) is 11.4 Å². The second kappa shape index (κ2) is 10.6. The zero-order chi connectivity index (χ0) is 21.4. The van der Waals surface area contributed by atoms with Gasteiger partial charge in [-0.2, -0.15) is 0 Å². The summed E-state index contributed by atoms with van der Waals surface area (Å²) in [6.45, 7) is 7.85. The highest BCUT2D eigenvalue weighted by Crippen LogP contribution is 2.27. The SMILES string of the molecule is CCC(=O)NC(=S)Nc1ccc(NC(=O)COc2cc(C)ccc2C(C)C)cc1. The molecule has 0 radical (unpaired) electrons. The lowest BCUT2D eigenvalue weighted by atomic mass is 10.0. The number of anilines is 2. The van der Waals surface area contributed by atoms with Crippen LogP contribution in [0, 0.1) is 6.92 Å². The van der Waals surface area contributed by atoms with Gasteiger partial charge in [-0.1, -0.05) is 32.9 Å². The molecule has 0 saturated heterocycles. The molecule has 0 atom stereocenters. The number of hydrogen-bond donors (Lipinski definition) is 3. The third-order valence-corrected chi connectivity index (χ3v) is 4.35. The van der Waals surface area contributed by atoms with Gasteiger partial charge in [0.05, 0.1) is 0 Å². The predicted octanol–water partition coefficient (Wildman–Crippen LogP) is 4.36. The molecule has 0 aromatic heterocycles. The van der Waals surface area contributed by atoms with E-state index in [1.54, 1.807) is 31.2 Å². The van der Waals surface area contributed by atoms with Crippen LogP contribution in [-0.2, 0) is 9.59 Å². The Labute approximate surface area is 177 Å². The lowest BCUT2D eigenvalue weighted by molar-refractivity contribution is -0.119. The molecule has 0 aliphatic carbocycles. The highest BCUT2D eigenvalue weighted by Gasteiger charge is 2.11. The minimum atomic E-state index is -0.243. The Bertz CT molecular complexity index is 879. The van der Waals surface area contributed by atoms with Gasteiger partial charge in [0, 0.05) is 17.8 Å². The van der Waals surface area contributed by atoms with Crippen molar-refractivity contribution in [1.82, 2.24) is 5.32 Å². The fraction of sp³-hybridized carbons (Fsp3) is 0.318. The summed E-state index contributed by atoms with van der Waals surface area (Å²) in [6, 6.07) is 13.0. The quantitative estimate of drug-likeness (QED) is 0.588. The number of ether oxygens (including phenoxy) is 1. The number of thiocarbonyl (C=S) groups is 1. The highest BCUT2D eigenvalue weighted by atomic mass is 32.1. The molecular formula is C22H27N3O3S. The van der Waals surface area contributed by atoms with E-state index in [4.69, 9.17) is 17.0 Å². The van der Waals surface area contributed by atoms with Gasteiger partial charge in [-0.05, 0) is 66.5 Å². The van der Waals surface area contributed by atoms with E-state index in [0.717, 1.165) is 16.9 Å². The number of carbonyl (C=O) groups is 2. The third kappa shape index (κ3) is 7.19. The summed E-state index contributed by atoms with van der Waals surface area (Å²) in [5.41, 5.74) is 3.51. The predicted molar refractivity (Wildman–Crippen MR) is 120 cm³/mol. The third-order valence-electron chi connectivity index (χ3n) is 4.15. The minimum Gasteiger partial charge on any atom is -0.483 e. The van der Waals surface area contributed by atoms with Gasteiger partial charge in [0.15, 0.2) is 11.7 Å². The molecule has 3 N–H and O–H groups in total. The molecule has 0 aliphatic rings. The smallest absolute Gasteiger partial charge is 0.262 e. The van der Waals surface area contributed by atoms with Crippen LogP contribution >= 0.6 is 12.2 Å². The first kappa shape index (κ1) is 22.4. The number of aryl methyl sites for hydroxylation is 1. The van der Waals surface area contributed by atoms with E-state index in [-0.39, 0.29) is 23.5 Å². The molecule has 2 aromatic carbocycles. The van der Waals surface area contributed by atoms with Gasteiger partial charge in [-0.25, -0.2) is 0 Å². The topological polar surface area (TPSA) is 79.5 Å². The molecule has 0 spiro atoms. The monoisotopic (exact) mass is 413 g/mol. The van der Waals surface area contributed by atoms with Crippen molar-refractivity contribution in [3.8, 4) is 5.75 Å². The summed E-state index contributed by atoms with van der Waals surface area (Å²) in [5, 5.41) is 8.53. The molecule has 2 aromatic rings. The number of benzene rings is 2. The molecule has 2 rings (SSSR count). The lowest BCUT2D eigenvalue weighted by Gasteiger charge is -2.15. The first-order valence-corrected chi connectivity index (χ1v) is 9.93. The summed E-state index contributed by atoms with van der Waals surface area (Å²) in [4.78, 5) is 23.6. The lowest BCUT2D eigenvalue weighted by Crippen LogP contribution is -2.33. The zero-order valence-electron chi connectivity index (χ0n) is 17.2. The van der Waals surface area contributed by atoms with Gasteiger partial charge < -0.3 is 20.7 Å². The Hall–Kier alpha value is -2.93. The highest BCUT2D eigenvalue weighted by molar-refractivity contribution is 7.80. The van der Waals surface area contributed by atoms with Crippen LogP contribution in [0.5, 0.6) is 5.75 Å². The molecule has 0 fully saturated rings. The largest absolute Gasteiger partial charge is 0.483 e. The summed E-state index contributed by atoms with van der Waals surface area (Å²) in [6.07, 6.45) is 0.357. The van der Waals surface area contributed by atoms with Crippen LogP contribution < -0.4 is 20.7 Å². The van der Waals surface area contributed by atoms with Gasteiger partial charge in [0.2, 0.25) is 5.91 Å². The number of hydrogen-bond acceptors (Lipinski definition) is 4. The fourth-order valence-electron chi connectivity index (χ4n) is 2.60. The van der Waals surface area contributed by atoms with Crippen LogP contribution in [0.15, 0.2) is 42.5 Å². The van der Waals surface area contributed by atoms with Crippen molar-refractivity contribution in [1.29, 1.82) is 0 Å². The Morgan fingerprint density at radius 1 is 1.00 bits per heavy atom. The van der Waals surface area contributed by atoms with Crippen molar-refractivity contribution in [3.05, 3.63) is 53.6 Å². The van der Waals surface area contributed by atoms with E-state index in [9.17, 15) is 9.59 Å². The van der Waals surface area contributed by atoms with E-state index >= 15 is 0 Å². The van der Waals surface area contributed by atoms with Crippen LogP contribution in [0.1, 0.15) is 44.2 Å². The Kier molecular flexibility index (Phi) is 8.15. The van der Waals surface area contributed by atoms with Gasteiger partial charge in [-0.3, -0.25) is 9.59 Å². The van der Waals surface area contributed by atoms with Crippen LogP contribution in [0.25, 0.3) is 0 Å². The summed E-state index contributed by atoms with van der Waals surface area (Å²) in [7, 11) is 0. The molecule has 6 nitrogen and oxygen atoms in total. The molecule has 29 heavy (non-hydrogen) atoms.